The van der Waals surface area contributed by atoms with Gasteiger partial charge >= 0.3 is 0 Å². The van der Waals surface area contributed by atoms with Crippen LogP contribution in [0.4, 0.5) is 0 Å². The molecule has 1 aliphatic heterocycles. The maximum Gasteiger partial charge on any atom is 0.254 e. The number of halogens is 1. The third-order valence-corrected chi connectivity index (χ3v) is 9.66. The van der Waals surface area contributed by atoms with Crippen LogP contribution in [0, 0.1) is 20.8 Å². The minimum absolute atomic E-state index is 0.0374. The van der Waals surface area contributed by atoms with Crippen molar-refractivity contribution >= 4 is 41.1 Å². The van der Waals surface area contributed by atoms with Crippen LogP contribution < -0.4 is 10.6 Å². The Bertz CT molecular complexity index is 1490. The largest absolute Gasteiger partial charge is 0.508 e. The van der Waals surface area contributed by atoms with Gasteiger partial charge in [0.25, 0.3) is 11.8 Å². The molecule has 0 saturated carbocycles. The Balaban J connectivity index is 1.58. The quantitative estimate of drug-likeness (QED) is 0.275. The lowest BCUT2D eigenvalue weighted by Gasteiger charge is -2.33. The summed E-state index contributed by atoms with van der Waals surface area (Å²) >= 11 is 7.51. The highest BCUT2D eigenvalue weighted by atomic mass is 35.5. The molecule has 8 nitrogen and oxygen atoms in total. The molecule has 0 aromatic heterocycles. The highest BCUT2D eigenvalue weighted by molar-refractivity contribution is 8.00. The summed E-state index contributed by atoms with van der Waals surface area (Å²) in [6.45, 7) is 9.71. The van der Waals surface area contributed by atoms with Crippen LogP contribution in [0.2, 0.25) is 5.02 Å². The van der Waals surface area contributed by atoms with Crippen LogP contribution >= 0.6 is 23.4 Å². The average molecular weight is 624 g/mol. The van der Waals surface area contributed by atoms with Crippen LogP contribution in [0.5, 0.6) is 5.75 Å². The molecule has 228 valence electrons. The molecule has 0 aliphatic carbocycles. The molecule has 1 heterocycles. The van der Waals surface area contributed by atoms with Crippen molar-refractivity contribution in [1.29, 1.82) is 0 Å². The first-order valence-corrected chi connectivity index (χ1v) is 15.5. The maximum atomic E-state index is 13.9. The summed E-state index contributed by atoms with van der Waals surface area (Å²) in [5.41, 5.74) is 4.49. The first-order chi connectivity index (χ1) is 20.3. The minimum Gasteiger partial charge on any atom is -0.508 e. The van der Waals surface area contributed by atoms with Gasteiger partial charge in [-0.15, -0.1) is 11.8 Å². The number of carbonyl (C=O) groups is 3. The number of rotatable bonds is 9. The summed E-state index contributed by atoms with van der Waals surface area (Å²) in [4.78, 5) is 42.3. The van der Waals surface area contributed by atoms with Crippen molar-refractivity contribution in [3.8, 4) is 5.75 Å². The lowest BCUT2D eigenvalue weighted by atomic mass is 9.96. The Morgan fingerprint density at radius 2 is 1.65 bits per heavy atom. The number of benzene rings is 3. The predicted octanol–water partition coefficient (Wildman–Crippen LogP) is 4.67. The summed E-state index contributed by atoms with van der Waals surface area (Å²) in [5.74, 6) is -1.34. The normalized spacial score (nSPS) is 17.3. The van der Waals surface area contributed by atoms with Crippen LogP contribution in [0.25, 0.3) is 0 Å². The van der Waals surface area contributed by atoms with Gasteiger partial charge < -0.3 is 25.7 Å². The van der Waals surface area contributed by atoms with Gasteiger partial charge in [-0.3, -0.25) is 14.4 Å². The van der Waals surface area contributed by atoms with Crippen LogP contribution in [-0.4, -0.2) is 61.6 Å². The SMILES string of the molecule is Cc1cccc(C)c1CNC(=O)C1N(C(=O)[C@@H](O)[C@H](Cc2ccc(Cl)cc2)NC(=O)c2cccc(O)c2C)CSC1(C)C. The number of carbonyl (C=O) groups excluding carboxylic acids is 3. The van der Waals surface area contributed by atoms with Crippen LogP contribution in [-0.2, 0) is 22.6 Å². The second-order valence-electron chi connectivity index (χ2n) is 11.5. The van der Waals surface area contributed by atoms with E-state index in [9.17, 15) is 24.6 Å². The van der Waals surface area contributed by atoms with Crippen molar-refractivity contribution in [2.24, 2.45) is 0 Å². The minimum atomic E-state index is -1.65. The van der Waals surface area contributed by atoms with E-state index >= 15 is 0 Å². The molecule has 3 aromatic rings. The Morgan fingerprint density at radius 3 is 2.30 bits per heavy atom. The molecule has 4 rings (SSSR count). The van der Waals surface area contributed by atoms with Crippen LogP contribution in [0.3, 0.4) is 0 Å². The second-order valence-corrected chi connectivity index (χ2v) is 13.5. The van der Waals surface area contributed by atoms with Gasteiger partial charge in [0.15, 0.2) is 6.10 Å². The van der Waals surface area contributed by atoms with Crippen LogP contribution in [0.1, 0.15) is 52.0 Å². The maximum absolute atomic E-state index is 13.9. The van der Waals surface area contributed by atoms with Crippen molar-refractivity contribution in [2.45, 2.75) is 70.5 Å². The number of aliphatic hydroxyl groups excluding tert-OH is 1. The van der Waals surface area contributed by atoms with Gasteiger partial charge in [-0.25, -0.2) is 0 Å². The number of nitrogens with zero attached hydrogens (tertiary/aromatic N) is 1. The number of amides is 3. The third-order valence-electron chi connectivity index (χ3n) is 8.03. The molecule has 1 fully saturated rings. The third kappa shape index (κ3) is 7.34. The summed E-state index contributed by atoms with van der Waals surface area (Å²) < 4.78 is -0.617. The van der Waals surface area contributed by atoms with E-state index in [-0.39, 0.29) is 29.5 Å². The van der Waals surface area contributed by atoms with Crippen molar-refractivity contribution in [1.82, 2.24) is 15.5 Å². The number of thioether (sulfide) groups is 1. The van der Waals surface area contributed by atoms with E-state index in [2.05, 4.69) is 10.6 Å². The van der Waals surface area contributed by atoms with Gasteiger partial charge in [0.2, 0.25) is 5.91 Å². The number of hydrogen-bond donors (Lipinski definition) is 4. The Kier molecular flexibility index (Phi) is 10.1. The number of phenolic OH excluding ortho intramolecular Hbond substituents is 1. The molecule has 0 radical (unpaired) electrons. The van der Waals surface area contributed by atoms with E-state index in [1.54, 1.807) is 43.3 Å². The van der Waals surface area contributed by atoms with E-state index < -0.39 is 34.7 Å². The fourth-order valence-electron chi connectivity index (χ4n) is 5.39. The predicted molar refractivity (Wildman–Crippen MR) is 170 cm³/mol. The molecule has 3 amide bonds. The van der Waals surface area contributed by atoms with Gasteiger partial charge in [0.1, 0.15) is 11.8 Å². The summed E-state index contributed by atoms with van der Waals surface area (Å²) in [6, 6.07) is 15.6. The molecule has 10 heteroatoms. The molecular formula is C33H38ClN3O5S. The lowest BCUT2D eigenvalue weighted by molar-refractivity contribution is -0.147. The van der Waals surface area contributed by atoms with Crippen LogP contribution in [0.15, 0.2) is 60.7 Å². The fraction of sp³-hybridized carbons (Fsp3) is 0.364. The summed E-state index contributed by atoms with van der Waals surface area (Å²) in [6.07, 6.45) is -1.53. The van der Waals surface area contributed by atoms with Crippen molar-refractivity contribution in [3.05, 3.63) is 99.1 Å². The first kappa shape index (κ1) is 32.4. The molecule has 3 atom stereocenters. The topological polar surface area (TPSA) is 119 Å². The van der Waals surface area contributed by atoms with Gasteiger partial charge in [0, 0.05) is 27.4 Å². The van der Waals surface area contributed by atoms with E-state index in [1.165, 1.54) is 22.7 Å². The zero-order valence-corrected chi connectivity index (χ0v) is 26.6. The van der Waals surface area contributed by atoms with Gasteiger partial charge in [-0.2, -0.15) is 0 Å². The van der Waals surface area contributed by atoms with Gasteiger partial charge in [-0.1, -0.05) is 48.0 Å². The number of aryl methyl sites for hydroxylation is 2. The van der Waals surface area contributed by atoms with E-state index in [1.807, 2.05) is 45.9 Å². The molecular weight excluding hydrogens is 586 g/mol. The van der Waals surface area contributed by atoms with E-state index in [0.717, 1.165) is 22.3 Å². The number of phenols is 1. The number of aromatic hydroxyl groups is 1. The number of nitrogens with one attached hydrogen (secondary N) is 2. The Labute approximate surface area is 261 Å². The second kappa shape index (κ2) is 13.4. The number of aliphatic hydroxyl groups is 1. The Hall–Kier alpha value is -3.53. The number of hydrogen-bond acceptors (Lipinski definition) is 6. The highest BCUT2D eigenvalue weighted by Crippen LogP contribution is 2.40. The fourth-order valence-corrected chi connectivity index (χ4v) is 6.65. The zero-order chi connectivity index (χ0) is 31.5. The monoisotopic (exact) mass is 623 g/mol. The standard InChI is InChI=1S/C33H38ClN3O5S/c1-19-8-6-9-20(2)25(19)17-35-31(41)29-33(4,5)43-18-37(29)32(42)28(39)26(16-22-12-14-23(34)15-13-22)36-30(40)24-10-7-11-27(38)21(24)3/h6-15,26,28-29,38-39H,16-18H2,1-5H3,(H,35,41)(H,36,40)/t26-,28-,29?/m0/s1. The molecule has 43 heavy (non-hydrogen) atoms. The lowest BCUT2D eigenvalue weighted by Crippen LogP contribution is -2.58. The smallest absolute Gasteiger partial charge is 0.254 e. The van der Waals surface area contributed by atoms with E-state index in [0.29, 0.717) is 17.1 Å². The first-order valence-electron chi connectivity index (χ1n) is 14.1. The van der Waals surface area contributed by atoms with Crippen molar-refractivity contribution in [2.75, 3.05) is 5.88 Å². The molecule has 1 saturated heterocycles. The van der Waals surface area contributed by atoms with Crippen molar-refractivity contribution in [3.63, 3.8) is 0 Å². The van der Waals surface area contributed by atoms with E-state index in [4.69, 9.17) is 11.6 Å². The zero-order valence-electron chi connectivity index (χ0n) is 25.0. The molecule has 1 aliphatic rings. The Morgan fingerprint density at radius 1 is 1.02 bits per heavy atom. The molecule has 3 aromatic carbocycles. The molecule has 0 bridgehead atoms. The molecule has 1 unspecified atom stereocenters. The van der Waals surface area contributed by atoms with Crippen molar-refractivity contribution < 1.29 is 24.6 Å². The highest BCUT2D eigenvalue weighted by Gasteiger charge is 2.49. The summed E-state index contributed by atoms with van der Waals surface area (Å²) in [7, 11) is 0. The average Bonchev–Trinajstić information content (AvgIpc) is 3.28. The van der Waals surface area contributed by atoms with Gasteiger partial charge in [0.05, 0.1) is 11.9 Å². The summed E-state index contributed by atoms with van der Waals surface area (Å²) in [5, 5.41) is 28.0. The molecule has 0 spiro atoms. The molecule has 4 N–H and O–H groups in total. The van der Waals surface area contributed by atoms with Gasteiger partial charge in [-0.05, 0) is 87.6 Å².